The Morgan fingerprint density at radius 2 is 2.25 bits per heavy atom. The molecule has 1 aromatic rings. The second kappa shape index (κ2) is 3.42. The van der Waals surface area contributed by atoms with Gasteiger partial charge in [0.25, 0.3) is 0 Å². The third kappa shape index (κ3) is 1.66. The lowest BCUT2D eigenvalue weighted by Crippen LogP contribution is -1.81. The van der Waals surface area contributed by atoms with Crippen LogP contribution in [0.2, 0.25) is 5.02 Å². The van der Waals surface area contributed by atoms with Gasteiger partial charge in [0.1, 0.15) is 6.07 Å². The van der Waals surface area contributed by atoms with Crippen molar-refractivity contribution in [1.82, 2.24) is 0 Å². The minimum Gasteiger partial charge on any atom is -0.192 e. The first kappa shape index (κ1) is 8.83. The molecule has 60 valence electrons. The van der Waals surface area contributed by atoms with Gasteiger partial charge in [-0.1, -0.05) is 29.8 Å². The molecule has 0 aliphatic carbocycles. The summed E-state index contributed by atoms with van der Waals surface area (Å²) in [5.74, 6) is 0. The average Bonchev–Trinajstić information content (AvgIpc) is 2.04. The van der Waals surface area contributed by atoms with Gasteiger partial charge in [0.15, 0.2) is 0 Å². The molecule has 1 nitrogen and oxygen atoms in total. The third-order valence-electron chi connectivity index (χ3n) is 1.58. The zero-order valence-corrected chi connectivity index (χ0v) is 7.52. The van der Waals surface area contributed by atoms with Crippen molar-refractivity contribution in [2.75, 3.05) is 0 Å². The van der Waals surface area contributed by atoms with E-state index in [9.17, 15) is 0 Å². The monoisotopic (exact) mass is 177 g/mol. The average molecular weight is 178 g/mol. The lowest BCUT2D eigenvalue weighted by Gasteiger charge is -2.00. The van der Waals surface area contributed by atoms with Gasteiger partial charge in [-0.15, -0.1) is 0 Å². The molecule has 1 rings (SSSR count). The molecule has 0 atom stereocenters. The van der Waals surface area contributed by atoms with Crippen LogP contribution in [-0.2, 0) is 0 Å². The summed E-state index contributed by atoms with van der Waals surface area (Å²) >= 11 is 5.81. The molecule has 0 bridgehead atoms. The first-order valence-electron chi connectivity index (χ1n) is 3.50. The molecule has 0 aromatic heterocycles. The topological polar surface area (TPSA) is 23.8 Å². The fourth-order valence-corrected chi connectivity index (χ4v) is 1.09. The number of allylic oxidation sites excluding steroid dienone is 1. The number of halogens is 1. The van der Waals surface area contributed by atoms with Crippen LogP contribution in [0.4, 0.5) is 0 Å². The summed E-state index contributed by atoms with van der Waals surface area (Å²) in [4.78, 5) is 0. The number of hydrogen-bond donors (Lipinski definition) is 0. The third-order valence-corrected chi connectivity index (χ3v) is 1.90. The number of rotatable bonds is 1. The Morgan fingerprint density at radius 3 is 2.67 bits per heavy atom. The largest absolute Gasteiger partial charge is 0.192 e. The van der Waals surface area contributed by atoms with Crippen LogP contribution < -0.4 is 0 Å². The van der Waals surface area contributed by atoms with Gasteiger partial charge in [-0.05, 0) is 24.6 Å². The van der Waals surface area contributed by atoms with Crippen molar-refractivity contribution in [3.8, 4) is 6.07 Å². The van der Waals surface area contributed by atoms with Crippen LogP contribution in [0, 0.1) is 11.3 Å². The van der Waals surface area contributed by atoms with Crippen LogP contribution in [0.5, 0.6) is 0 Å². The van der Waals surface area contributed by atoms with E-state index in [-0.39, 0.29) is 0 Å². The second-order valence-electron chi connectivity index (χ2n) is 2.59. The zero-order chi connectivity index (χ0) is 9.14. The molecule has 0 aliphatic rings. The van der Waals surface area contributed by atoms with E-state index in [0.29, 0.717) is 10.6 Å². The fraction of sp³-hybridized carbons (Fsp3) is 0.100. The molecule has 0 heterocycles. The maximum absolute atomic E-state index is 8.59. The highest BCUT2D eigenvalue weighted by Gasteiger charge is 2.00. The van der Waals surface area contributed by atoms with Crippen LogP contribution in [0.1, 0.15) is 18.1 Å². The van der Waals surface area contributed by atoms with E-state index in [0.717, 1.165) is 11.1 Å². The summed E-state index contributed by atoms with van der Waals surface area (Å²) in [5.41, 5.74) is 2.42. The van der Waals surface area contributed by atoms with Gasteiger partial charge in [-0.25, -0.2) is 0 Å². The molecule has 0 unspecified atom stereocenters. The summed E-state index contributed by atoms with van der Waals surface area (Å²) < 4.78 is 0. The van der Waals surface area contributed by atoms with Crippen LogP contribution in [0.3, 0.4) is 0 Å². The quantitative estimate of drug-likeness (QED) is 0.646. The summed E-state index contributed by atoms with van der Waals surface area (Å²) in [6, 6.07) is 7.29. The molecule has 0 aliphatic heterocycles. The van der Waals surface area contributed by atoms with Gasteiger partial charge in [0, 0.05) is 0 Å². The Bertz CT molecular complexity index is 361. The molecular weight excluding hydrogens is 170 g/mol. The predicted molar refractivity (Wildman–Crippen MR) is 50.9 cm³/mol. The maximum atomic E-state index is 8.59. The molecule has 1 aromatic carbocycles. The van der Waals surface area contributed by atoms with Gasteiger partial charge in [-0.3, -0.25) is 0 Å². The molecule has 0 fully saturated rings. The lowest BCUT2D eigenvalue weighted by molar-refractivity contribution is 1.47. The van der Waals surface area contributed by atoms with E-state index < -0.39 is 0 Å². The Labute approximate surface area is 76.9 Å². The molecule has 0 spiro atoms. The van der Waals surface area contributed by atoms with E-state index >= 15 is 0 Å². The number of benzene rings is 1. The van der Waals surface area contributed by atoms with Crippen molar-refractivity contribution in [3.63, 3.8) is 0 Å². The standard InChI is InChI=1S/C10H8ClN/c1-7(2)8-3-4-9(6-12)10(11)5-8/h3-5H,1H2,2H3. The van der Waals surface area contributed by atoms with Crippen molar-refractivity contribution in [2.24, 2.45) is 0 Å². The van der Waals surface area contributed by atoms with Gasteiger partial charge < -0.3 is 0 Å². The predicted octanol–water partition coefficient (Wildman–Crippen LogP) is 3.24. The molecule has 12 heavy (non-hydrogen) atoms. The molecule has 0 amide bonds. The highest BCUT2D eigenvalue weighted by molar-refractivity contribution is 6.31. The van der Waals surface area contributed by atoms with Crippen LogP contribution in [-0.4, -0.2) is 0 Å². The Balaban J connectivity index is 3.21. The van der Waals surface area contributed by atoms with Crippen molar-refractivity contribution < 1.29 is 0 Å². The van der Waals surface area contributed by atoms with Gasteiger partial charge in [0.2, 0.25) is 0 Å². The molecule has 0 saturated carbocycles. The summed E-state index contributed by atoms with van der Waals surface area (Å²) in [6.07, 6.45) is 0. The molecule has 0 radical (unpaired) electrons. The van der Waals surface area contributed by atoms with Gasteiger partial charge in [0.05, 0.1) is 10.6 Å². The molecule has 2 heteroatoms. The van der Waals surface area contributed by atoms with E-state index in [2.05, 4.69) is 6.58 Å². The smallest absolute Gasteiger partial charge is 0.101 e. The number of nitrogens with zero attached hydrogens (tertiary/aromatic N) is 1. The van der Waals surface area contributed by atoms with E-state index in [4.69, 9.17) is 16.9 Å². The molecular formula is C10H8ClN. The SMILES string of the molecule is C=C(C)c1ccc(C#N)c(Cl)c1. The van der Waals surface area contributed by atoms with E-state index in [1.165, 1.54) is 0 Å². The second-order valence-corrected chi connectivity index (χ2v) is 2.99. The summed E-state index contributed by atoms with van der Waals surface area (Å²) in [6.45, 7) is 5.68. The van der Waals surface area contributed by atoms with Crippen LogP contribution >= 0.6 is 11.6 Å². The Hall–Kier alpha value is -1.26. The summed E-state index contributed by atoms with van der Waals surface area (Å²) in [5, 5.41) is 9.08. The lowest BCUT2D eigenvalue weighted by atomic mass is 10.1. The Morgan fingerprint density at radius 1 is 1.58 bits per heavy atom. The van der Waals surface area contributed by atoms with Gasteiger partial charge >= 0.3 is 0 Å². The van der Waals surface area contributed by atoms with Crippen molar-refractivity contribution >= 4 is 17.2 Å². The first-order valence-corrected chi connectivity index (χ1v) is 3.88. The van der Waals surface area contributed by atoms with Crippen molar-refractivity contribution in [1.29, 1.82) is 5.26 Å². The van der Waals surface area contributed by atoms with Crippen LogP contribution in [0.25, 0.3) is 5.57 Å². The molecule has 0 N–H and O–H groups in total. The number of nitriles is 1. The van der Waals surface area contributed by atoms with Crippen molar-refractivity contribution in [2.45, 2.75) is 6.92 Å². The minimum absolute atomic E-state index is 0.484. The molecule has 0 saturated heterocycles. The minimum atomic E-state index is 0.484. The maximum Gasteiger partial charge on any atom is 0.101 e. The highest BCUT2D eigenvalue weighted by atomic mass is 35.5. The van der Waals surface area contributed by atoms with Crippen molar-refractivity contribution in [3.05, 3.63) is 40.9 Å². The van der Waals surface area contributed by atoms with Gasteiger partial charge in [-0.2, -0.15) is 5.26 Å². The normalized spacial score (nSPS) is 9.08. The zero-order valence-electron chi connectivity index (χ0n) is 6.76. The highest BCUT2D eigenvalue weighted by Crippen LogP contribution is 2.20. The fourth-order valence-electron chi connectivity index (χ4n) is 0.871. The Kier molecular flexibility index (Phi) is 2.52. The first-order chi connectivity index (χ1) is 5.65. The van der Waals surface area contributed by atoms with E-state index in [1.54, 1.807) is 12.1 Å². The number of hydrogen-bond acceptors (Lipinski definition) is 1. The van der Waals surface area contributed by atoms with Crippen LogP contribution in [0.15, 0.2) is 24.8 Å². The van der Waals surface area contributed by atoms with E-state index in [1.807, 2.05) is 19.1 Å². The summed E-state index contributed by atoms with van der Waals surface area (Å²) in [7, 11) is 0.